The number of rotatable bonds is 1. The number of fused-ring (bicyclic) bond motifs is 1. The van der Waals surface area contributed by atoms with Crippen LogP contribution in [0.2, 0.25) is 0 Å². The van der Waals surface area contributed by atoms with Crippen LogP contribution in [0, 0.1) is 6.92 Å². The number of ether oxygens (including phenoxy) is 1. The molecule has 0 aromatic carbocycles. The van der Waals surface area contributed by atoms with E-state index >= 15 is 0 Å². The third-order valence-corrected chi connectivity index (χ3v) is 2.69. The molecule has 0 spiro atoms. The number of aromatic nitrogens is 2. The second-order valence-corrected chi connectivity index (χ2v) is 3.79. The monoisotopic (exact) mass is 222 g/mol. The summed E-state index contributed by atoms with van der Waals surface area (Å²) < 4.78 is 6.12. The lowest BCUT2D eigenvalue weighted by molar-refractivity contribution is 0.0971. The van der Waals surface area contributed by atoms with Gasteiger partial charge < -0.3 is 4.74 Å². The number of hydrogen-bond donors (Lipinski definition) is 0. The van der Waals surface area contributed by atoms with Gasteiger partial charge >= 0.3 is 6.09 Å². The first-order valence-corrected chi connectivity index (χ1v) is 5.44. The van der Waals surface area contributed by atoms with Crippen molar-refractivity contribution in [1.29, 1.82) is 0 Å². The Morgan fingerprint density at radius 1 is 1.50 bits per heavy atom. The van der Waals surface area contributed by atoms with Crippen molar-refractivity contribution in [3.05, 3.63) is 17.0 Å². The Hall–Kier alpha value is -1.65. The van der Waals surface area contributed by atoms with Crippen molar-refractivity contribution in [2.75, 3.05) is 6.61 Å². The molecule has 1 heterocycles. The van der Waals surface area contributed by atoms with E-state index in [9.17, 15) is 9.59 Å². The van der Waals surface area contributed by atoms with Gasteiger partial charge in [0, 0.05) is 6.42 Å². The molecular weight excluding hydrogens is 208 g/mol. The molecule has 0 aliphatic heterocycles. The molecule has 0 saturated heterocycles. The molecule has 0 atom stereocenters. The van der Waals surface area contributed by atoms with E-state index in [4.69, 9.17) is 4.74 Å². The summed E-state index contributed by atoms with van der Waals surface area (Å²) in [6.45, 7) is 3.80. The molecule has 86 valence electrons. The van der Waals surface area contributed by atoms with Gasteiger partial charge in [0.1, 0.15) is 0 Å². The van der Waals surface area contributed by atoms with E-state index in [1.54, 1.807) is 13.8 Å². The van der Waals surface area contributed by atoms with Crippen LogP contribution in [-0.4, -0.2) is 28.3 Å². The molecule has 1 aliphatic carbocycles. The highest BCUT2D eigenvalue weighted by atomic mass is 16.5. The van der Waals surface area contributed by atoms with Gasteiger partial charge in [-0.1, -0.05) is 0 Å². The Bertz CT molecular complexity index is 448. The molecule has 1 aromatic rings. The fourth-order valence-corrected chi connectivity index (χ4v) is 2.05. The van der Waals surface area contributed by atoms with E-state index in [-0.39, 0.29) is 5.78 Å². The highest BCUT2D eigenvalue weighted by Gasteiger charge is 2.27. The number of carbonyl (C=O) groups excluding carboxylic acids is 2. The van der Waals surface area contributed by atoms with Gasteiger partial charge in [-0.05, 0) is 26.7 Å². The van der Waals surface area contributed by atoms with Crippen LogP contribution >= 0.6 is 0 Å². The van der Waals surface area contributed by atoms with Gasteiger partial charge in [0.15, 0.2) is 5.78 Å². The fourth-order valence-electron chi connectivity index (χ4n) is 2.05. The lowest BCUT2D eigenvalue weighted by atomic mass is 9.95. The molecule has 0 N–H and O–H groups in total. The second-order valence-electron chi connectivity index (χ2n) is 3.79. The molecule has 1 aromatic heterocycles. The maximum Gasteiger partial charge on any atom is 0.434 e. The van der Waals surface area contributed by atoms with Crippen molar-refractivity contribution in [3.8, 4) is 0 Å². The predicted molar refractivity (Wildman–Crippen MR) is 56.7 cm³/mol. The number of hydrogen-bond acceptors (Lipinski definition) is 4. The zero-order valence-corrected chi connectivity index (χ0v) is 9.45. The van der Waals surface area contributed by atoms with E-state index < -0.39 is 6.09 Å². The number of carbonyl (C=O) groups is 2. The van der Waals surface area contributed by atoms with E-state index in [0.29, 0.717) is 36.4 Å². The maximum atomic E-state index is 11.7. The van der Waals surface area contributed by atoms with Gasteiger partial charge in [-0.25, -0.2) is 4.79 Å². The summed E-state index contributed by atoms with van der Waals surface area (Å²) in [6, 6.07) is 0. The standard InChI is InChI=1S/C11H14N2O3/c1-3-16-11(15)13-8-5-4-6-9(14)10(8)7(2)12-13/h3-6H2,1-2H3. The zero-order valence-electron chi connectivity index (χ0n) is 9.45. The number of Topliss-reactive ketones (excluding diaryl/α,β-unsaturated/α-hetero) is 1. The SMILES string of the molecule is CCOC(=O)n1nc(C)c2c1CCCC2=O. The third-order valence-electron chi connectivity index (χ3n) is 2.69. The average Bonchev–Trinajstić information content (AvgIpc) is 2.58. The van der Waals surface area contributed by atoms with E-state index in [0.717, 1.165) is 6.42 Å². The van der Waals surface area contributed by atoms with Gasteiger partial charge in [-0.2, -0.15) is 9.78 Å². The molecule has 0 saturated carbocycles. The van der Waals surface area contributed by atoms with Gasteiger partial charge in [0.25, 0.3) is 0 Å². The Morgan fingerprint density at radius 2 is 2.25 bits per heavy atom. The van der Waals surface area contributed by atoms with E-state index in [2.05, 4.69) is 5.10 Å². The van der Waals surface area contributed by atoms with E-state index in [1.165, 1.54) is 4.68 Å². The molecule has 2 rings (SSSR count). The highest BCUT2D eigenvalue weighted by Crippen LogP contribution is 2.24. The molecule has 5 nitrogen and oxygen atoms in total. The molecule has 0 amide bonds. The van der Waals surface area contributed by atoms with Crippen molar-refractivity contribution in [3.63, 3.8) is 0 Å². The fraction of sp³-hybridized carbons (Fsp3) is 0.545. The van der Waals surface area contributed by atoms with Crippen LogP contribution in [0.3, 0.4) is 0 Å². The maximum absolute atomic E-state index is 11.7. The topological polar surface area (TPSA) is 61.2 Å². The first kappa shape index (κ1) is 10.9. The van der Waals surface area contributed by atoms with Crippen molar-refractivity contribution in [2.24, 2.45) is 0 Å². The molecule has 1 aliphatic rings. The quantitative estimate of drug-likeness (QED) is 0.725. The predicted octanol–water partition coefficient (Wildman–Crippen LogP) is 1.72. The second kappa shape index (κ2) is 4.08. The first-order valence-electron chi connectivity index (χ1n) is 5.44. The van der Waals surface area contributed by atoms with Crippen LogP contribution < -0.4 is 0 Å². The van der Waals surface area contributed by atoms with Crippen LogP contribution in [-0.2, 0) is 11.2 Å². The zero-order chi connectivity index (χ0) is 11.7. The summed E-state index contributed by atoms with van der Waals surface area (Å²) in [4.78, 5) is 23.3. The van der Waals surface area contributed by atoms with Crippen molar-refractivity contribution >= 4 is 11.9 Å². The van der Waals surface area contributed by atoms with Crippen LogP contribution in [0.5, 0.6) is 0 Å². The van der Waals surface area contributed by atoms with Gasteiger partial charge in [0.2, 0.25) is 0 Å². The number of nitrogens with zero attached hydrogens (tertiary/aromatic N) is 2. The van der Waals surface area contributed by atoms with Gasteiger partial charge in [-0.15, -0.1) is 0 Å². The van der Waals surface area contributed by atoms with Crippen LogP contribution in [0.25, 0.3) is 0 Å². The Morgan fingerprint density at radius 3 is 2.94 bits per heavy atom. The molecule has 5 heteroatoms. The minimum Gasteiger partial charge on any atom is -0.448 e. The minimum atomic E-state index is -0.499. The van der Waals surface area contributed by atoms with E-state index in [1.807, 2.05) is 0 Å². The van der Waals surface area contributed by atoms with Crippen LogP contribution in [0.15, 0.2) is 0 Å². The molecule has 16 heavy (non-hydrogen) atoms. The third kappa shape index (κ3) is 1.62. The largest absolute Gasteiger partial charge is 0.448 e. The summed E-state index contributed by atoms with van der Waals surface area (Å²) in [7, 11) is 0. The lowest BCUT2D eigenvalue weighted by Crippen LogP contribution is -2.20. The summed E-state index contributed by atoms with van der Waals surface area (Å²) in [5.41, 5.74) is 1.93. The molecule has 0 fully saturated rings. The summed E-state index contributed by atoms with van der Waals surface area (Å²) in [5, 5.41) is 4.08. The minimum absolute atomic E-state index is 0.0781. The summed E-state index contributed by atoms with van der Waals surface area (Å²) >= 11 is 0. The van der Waals surface area contributed by atoms with Crippen molar-refractivity contribution in [1.82, 2.24) is 9.78 Å². The molecule has 0 radical (unpaired) electrons. The van der Waals surface area contributed by atoms with Gasteiger partial charge in [-0.3, -0.25) is 4.79 Å². The number of aryl methyl sites for hydroxylation is 1. The highest BCUT2D eigenvalue weighted by molar-refractivity contribution is 5.99. The molecular formula is C11H14N2O3. The summed E-state index contributed by atoms with van der Waals surface area (Å²) in [6.07, 6.45) is 1.53. The Kier molecular flexibility index (Phi) is 2.77. The first-order chi connectivity index (χ1) is 7.65. The smallest absolute Gasteiger partial charge is 0.434 e. The summed E-state index contributed by atoms with van der Waals surface area (Å²) in [5.74, 6) is 0.0781. The van der Waals surface area contributed by atoms with Crippen LogP contribution in [0.1, 0.15) is 41.5 Å². The molecule has 0 bridgehead atoms. The average molecular weight is 222 g/mol. The van der Waals surface area contributed by atoms with Crippen LogP contribution in [0.4, 0.5) is 4.79 Å². The normalized spacial score (nSPS) is 14.8. The lowest BCUT2D eigenvalue weighted by Gasteiger charge is -2.12. The van der Waals surface area contributed by atoms with Gasteiger partial charge in [0.05, 0.1) is 23.6 Å². The Labute approximate surface area is 93.4 Å². The number of ketones is 1. The molecule has 0 unspecified atom stereocenters. The van der Waals surface area contributed by atoms with Crippen molar-refractivity contribution < 1.29 is 14.3 Å². The van der Waals surface area contributed by atoms with Crippen molar-refractivity contribution in [2.45, 2.75) is 33.1 Å². The Balaban J connectivity index is 2.45.